The summed E-state index contributed by atoms with van der Waals surface area (Å²) >= 11 is 12.2. The molecule has 0 unspecified atom stereocenters. The number of rotatable bonds is 4. The van der Waals surface area contributed by atoms with Gasteiger partial charge in [-0.25, -0.2) is 0 Å². The number of nitrogens with one attached hydrogen (secondary N) is 2. The van der Waals surface area contributed by atoms with E-state index in [0.29, 0.717) is 23.0 Å². The molecule has 1 aliphatic heterocycles. The molecule has 0 saturated carbocycles. The van der Waals surface area contributed by atoms with Gasteiger partial charge in [0.2, 0.25) is 5.91 Å². The molecule has 1 aliphatic rings. The molecular weight excluding hydrogens is 335 g/mol. The smallest absolute Gasteiger partial charge is 0.220 e. The molecule has 0 bridgehead atoms. The van der Waals surface area contributed by atoms with E-state index in [1.165, 1.54) is 0 Å². The van der Waals surface area contributed by atoms with Crippen molar-refractivity contribution >= 4 is 29.1 Å². The van der Waals surface area contributed by atoms with Gasteiger partial charge < -0.3 is 10.6 Å². The lowest BCUT2D eigenvalue weighted by Gasteiger charge is -2.32. The third kappa shape index (κ3) is 3.86. The Hall–Kier alpha value is -1.56. The standard InChI is InChI=1S/C16H18Cl2N4O/c1-22-9-11(8-20-22)16-14(4-5-15(23)21-16)19-7-10-6-12(17)2-3-13(10)18/h2-3,6,8-9,14,16,19H,4-5,7H2,1H3,(H,21,23)/t14-,16+/m1/s1. The maximum Gasteiger partial charge on any atom is 0.220 e. The van der Waals surface area contributed by atoms with E-state index in [1.807, 2.05) is 19.3 Å². The van der Waals surface area contributed by atoms with Gasteiger partial charge in [0.05, 0.1) is 12.2 Å². The molecule has 122 valence electrons. The molecule has 2 N–H and O–H groups in total. The van der Waals surface area contributed by atoms with Crippen molar-refractivity contribution in [2.45, 2.75) is 31.5 Å². The molecule has 2 heterocycles. The average molecular weight is 353 g/mol. The third-order valence-corrected chi connectivity index (χ3v) is 4.65. The topological polar surface area (TPSA) is 59.0 Å². The normalized spacial score (nSPS) is 21.3. The second-order valence-corrected chi connectivity index (χ2v) is 6.60. The lowest BCUT2D eigenvalue weighted by Crippen LogP contribution is -2.48. The molecule has 1 saturated heterocycles. The first-order valence-electron chi connectivity index (χ1n) is 7.48. The van der Waals surface area contributed by atoms with Gasteiger partial charge in [-0.3, -0.25) is 9.48 Å². The average Bonchev–Trinajstić information content (AvgIpc) is 2.95. The van der Waals surface area contributed by atoms with Crippen LogP contribution >= 0.6 is 23.2 Å². The van der Waals surface area contributed by atoms with Gasteiger partial charge in [0, 0.05) is 47.9 Å². The summed E-state index contributed by atoms with van der Waals surface area (Å²) < 4.78 is 1.74. The second-order valence-electron chi connectivity index (χ2n) is 5.75. The largest absolute Gasteiger partial charge is 0.348 e. The molecule has 1 aromatic carbocycles. The SMILES string of the molecule is Cn1cc([C@@H]2NC(=O)CC[C@H]2NCc2cc(Cl)ccc2Cl)cn1. The molecule has 0 spiro atoms. The Morgan fingerprint density at radius 1 is 1.43 bits per heavy atom. The summed E-state index contributed by atoms with van der Waals surface area (Å²) in [6, 6.07) is 5.45. The first-order chi connectivity index (χ1) is 11.0. The fraction of sp³-hybridized carbons (Fsp3) is 0.375. The van der Waals surface area contributed by atoms with Gasteiger partial charge in [-0.2, -0.15) is 5.10 Å². The van der Waals surface area contributed by atoms with E-state index < -0.39 is 0 Å². The van der Waals surface area contributed by atoms with Gasteiger partial charge in [-0.1, -0.05) is 23.2 Å². The Bertz CT molecular complexity index is 716. The molecule has 5 nitrogen and oxygen atoms in total. The van der Waals surface area contributed by atoms with Crippen molar-refractivity contribution in [2.75, 3.05) is 0 Å². The highest BCUT2D eigenvalue weighted by molar-refractivity contribution is 6.33. The Morgan fingerprint density at radius 2 is 2.26 bits per heavy atom. The number of carbonyl (C=O) groups excluding carboxylic acids is 1. The molecule has 2 aromatic rings. The summed E-state index contributed by atoms with van der Waals surface area (Å²) in [5.74, 6) is 0.0673. The van der Waals surface area contributed by atoms with Crippen LogP contribution in [0.1, 0.15) is 30.0 Å². The summed E-state index contributed by atoms with van der Waals surface area (Å²) in [6.07, 6.45) is 5.00. The van der Waals surface area contributed by atoms with E-state index in [9.17, 15) is 4.79 Å². The Morgan fingerprint density at radius 3 is 3.00 bits per heavy atom. The maximum atomic E-state index is 11.8. The summed E-state index contributed by atoms with van der Waals surface area (Å²) in [5.41, 5.74) is 1.94. The summed E-state index contributed by atoms with van der Waals surface area (Å²) in [6.45, 7) is 0.594. The van der Waals surface area contributed by atoms with Crippen LogP contribution in [0.4, 0.5) is 0 Å². The first-order valence-corrected chi connectivity index (χ1v) is 8.24. The van der Waals surface area contributed by atoms with Crippen molar-refractivity contribution in [2.24, 2.45) is 7.05 Å². The summed E-state index contributed by atoms with van der Waals surface area (Å²) in [7, 11) is 1.86. The molecule has 3 rings (SSSR count). The minimum Gasteiger partial charge on any atom is -0.348 e. The van der Waals surface area contributed by atoms with E-state index in [0.717, 1.165) is 17.5 Å². The van der Waals surface area contributed by atoms with E-state index in [2.05, 4.69) is 15.7 Å². The summed E-state index contributed by atoms with van der Waals surface area (Å²) in [4.78, 5) is 11.8. The zero-order chi connectivity index (χ0) is 16.4. The van der Waals surface area contributed by atoms with Crippen LogP contribution in [0.3, 0.4) is 0 Å². The highest BCUT2D eigenvalue weighted by atomic mass is 35.5. The monoisotopic (exact) mass is 352 g/mol. The molecular formula is C16H18Cl2N4O. The van der Waals surface area contributed by atoms with Crippen molar-refractivity contribution in [1.82, 2.24) is 20.4 Å². The lowest BCUT2D eigenvalue weighted by molar-refractivity contribution is -0.123. The molecule has 0 aliphatic carbocycles. The van der Waals surface area contributed by atoms with Crippen LogP contribution < -0.4 is 10.6 Å². The van der Waals surface area contributed by atoms with Gasteiger partial charge in [0.25, 0.3) is 0 Å². The fourth-order valence-electron chi connectivity index (χ4n) is 2.86. The quantitative estimate of drug-likeness (QED) is 0.889. The minimum absolute atomic E-state index is 0.0673. The zero-order valence-electron chi connectivity index (χ0n) is 12.7. The number of piperidine rings is 1. The van der Waals surface area contributed by atoms with Crippen LogP contribution in [0.15, 0.2) is 30.6 Å². The molecule has 0 radical (unpaired) electrons. The maximum absolute atomic E-state index is 11.8. The van der Waals surface area contributed by atoms with E-state index in [-0.39, 0.29) is 18.0 Å². The number of carbonyl (C=O) groups is 1. The number of halogens is 2. The van der Waals surface area contributed by atoms with Crippen molar-refractivity contribution in [3.63, 3.8) is 0 Å². The van der Waals surface area contributed by atoms with Crippen molar-refractivity contribution in [3.8, 4) is 0 Å². The van der Waals surface area contributed by atoms with Crippen molar-refractivity contribution in [3.05, 3.63) is 51.8 Å². The van der Waals surface area contributed by atoms with Crippen LogP contribution in [0.2, 0.25) is 10.0 Å². The highest BCUT2D eigenvalue weighted by Crippen LogP contribution is 2.25. The molecule has 23 heavy (non-hydrogen) atoms. The number of aryl methyl sites for hydroxylation is 1. The number of nitrogens with zero attached hydrogens (tertiary/aromatic N) is 2. The van der Waals surface area contributed by atoms with E-state index in [4.69, 9.17) is 23.2 Å². The molecule has 1 fully saturated rings. The van der Waals surface area contributed by atoms with Crippen LogP contribution in [0.25, 0.3) is 0 Å². The third-order valence-electron chi connectivity index (χ3n) is 4.05. The number of benzene rings is 1. The van der Waals surface area contributed by atoms with Gasteiger partial charge in [0.1, 0.15) is 0 Å². The highest BCUT2D eigenvalue weighted by Gasteiger charge is 2.30. The van der Waals surface area contributed by atoms with Crippen LogP contribution in [0, 0.1) is 0 Å². The number of hydrogen-bond donors (Lipinski definition) is 2. The number of aromatic nitrogens is 2. The lowest BCUT2D eigenvalue weighted by atomic mass is 9.93. The van der Waals surface area contributed by atoms with Crippen molar-refractivity contribution in [1.29, 1.82) is 0 Å². The molecule has 1 aromatic heterocycles. The molecule has 2 atom stereocenters. The first kappa shape index (κ1) is 16.3. The van der Waals surface area contributed by atoms with Crippen LogP contribution in [-0.4, -0.2) is 21.7 Å². The van der Waals surface area contributed by atoms with Gasteiger partial charge in [0.15, 0.2) is 0 Å². The predicted octanol–water partition coefficient (Wildman–Crippen LogP) is 2.84. The predicted molar refractivity (Wildman–Crippen MR) is 90.4 cm³/mol. The van der Waals surface area contributed by atoms with Gasteiger partial charge in [-0.05, 0) is 30.2 Å². The molecule has 7 heteroatoms. The minimum atomic E-state index is -0.0945. The van der Waals surface area contributed by atoms with Crippen LogP contribution in [-0.2, 0) is 18.4 Å². The Kier molecular flexibility index (Phi) is 4.90. The summed E-state index contributed by atoms with van der Waals surface area (Å²) in [5, 5.41) is 12.1. The van der Waals surface area contributed by atoms with Crippen molar-refractivity contribution < 1.29 is 4.79 Å². The molecule has 1 amide bonds. The van der Waals surface area contributed by atoms with E-state index in [1.54, 1.807) is 23.0 Å². The van der Waals surface area contributed by atoms with Gasteiger partial charge >= 0.3 is 0 Å². The van der Waals surface area contributed by atoms with Gasteiger partial charge in [-0.15, -0.1) is 0 Å². The number of hydrogen-bond acceptors (Lipinski definition) is 3. The van der Waals surface area contributed by atoms with Crippen LogP contribution in [0.5, 0.6) is 0 Å². The number of amides is 1. The Labute approximate surface area is 145 Å². The Balaban J connectivity index is 1.74. The zero-order valence-corrected chi connectivity index (χ0v) is 14.2. The van der Waals surface area contributed by atoms with E-state index >= 15 is 0 Å². The fourth-order valence-corrected chi connectivity index (χ4v) is 3.23. The second kappa shape index (κ2) is 6.91.